The molecule has 0 fully saturated rings. The Morgan fingerprint density at radius 3 is 2.63 bits per heavy atom. The van der Waals surface area contributed by atoms with E-state index < -0.39 is 0 Å². The predicted molar refractivity (Wildman–Crippen MR) is 111 cm³/mol. The van der Waals surface area contributed by atoms with Crippen molar-refractivity contribution in [2.75, 3.05) is 16.6 Å². The van der Waals surface area contributed by atoms with E-state index in [0.29, 0.717) is 18.4 Å². The Balaban J connectivity index is 1.77. The van der Waals surface area contributed by atoms with Gasteiger partial charge in [0, 0.05) is 22.2 Å². The van der Waals surface area contributed by atoms with Gasteiger partial charge in [0.25, 0.3) is 0 Å². The van der Waals surface area contributed by atoms with E-state index in [1.807, 2.05) is 19.1 Å². The summed E-state index contributed by atoms with van der Waals surface area (Å²) in [6.45, 7) is 6.93. The second-order valence-electron chi connectivity index (χ2n) is 6.72. The third kappa shape index (κ3) is 4.01. The van der Waals surface area contributed by atoms with Crippen LogP contribution in [0.1, 0.15) is 18.1 Å². The van der Waals surface area contributed by atoms with Crippen molar-refractivity contribution in [1.82, 2.24) is 9.97 Å². The quantitative estimate of drug-likeness (QED) is 0.577. The lowest BCUT2D eigenvalue weighted by Crippen LogP contribution is -2.23. The second kappa shape index (κ2) is 7.48. The zero-order chi connectivity index (χ0) is 18.8. The van der Waals surface area contributed by atoms with Gasteiger partial charge < -0.3 is 10.1 Å². The van der Waals surface area contributed by atoms with Gasteiger partial charge in [0.15, 0.2) is 0 Å². The monoisotopic (exact) mass is 378 g/mol. The lowest BCUT2D eigenvalue weighted by atomic mass is 10.00. The molecule has 0 saturated carbocycles. The van der Waals surface area contributed by atoms with E-state index in [1.54, 1.807) is 0 Å². The third-order valence-corrected chi connectivity index (χ3v) is 5.22. The van der Waals surface area contributed by atoms with E-state index in [0.717, 1.165) is 21.8 Å². The lowest BCUT2D eigenvalue weighted by Gasteiger charge is -2.19. The fourth-order valence-corrected chi connectivity index (χ4v) is 3.79. The van der Waals surface area contributed by atoms with E-state index in [2.05, 4.69) is 65.3 Å². The van der Waals surface area contributed by atoms with Crippen molar-refractivity contribution >= 4 is 23.6 Å². The molecule has 0 radical (unpaired) electrons. The Labute approximate surface area is 163 Å². The van der Waals surface area contributed by atoms with Gasteiger partial charge in [-0.1, -0.05) is 24.3 Å². The Morgan fingerprint density at radius 1 is 1.04 bits per heavy atom. The maximum absolute atomic E-state index is 6.08. The second-order valence-corrected chi connectivity index (χ2v) is 7.60. The number of benzene rings is 2. The van der Waals surface area contributed by atoms with Crippen molar-refractivity contribution in [2.45, 2.75) is 31.8 Å². The molecule has 1 aliphatic rings. The van der Waals surface area contributed by atoms with Gasteiger partial charge in [0.05, 0.1) is 12.2 Å². The Morgan fingerprint density at radius 2 is 1.81 bits per heavy atom. The molecular formula is C21H22N4OS. The van der Waals surface area contributed by atoms with Gasteiger partial charge in [0.1, 0.15) is 6.10 Å². The van der Waals surface area contributed by atoms with E-state index in [-0.39, 0.29) is 6.10 Å². The van der Waals surface area contributed by atoms with Crippen LogP contribution in [-0.2, 0) is 0 Å². The average Bonchev–Trinajstić information content (AvgIpc) is 2.64. The highest BCUT2D eigenvalue weighted by molar-refractivity contribution is 8.00. The molecule has 6 heteroatoms. The van der Waals surface area contributed by atoms with Gasteiger partial charge in [-0.3, -0.25) is 4.72 Å². The largest absolute Gasteiger partial charge is 0.473 e. The van der Waals surface area contributed by atoms with Crippen molar-refractivity contribution < 1.29 is 4.74 Å². The molecule has 27 heavy (non-hydrogen) atoms. The zero-order valence-electron chi connectivity index (χ0n) is 15.6. The molecule has 4 bridgehead atoms. The number of anilines is 2. The van der Waals surface area contributed by atoms with Crippen LogP contribution in [0.4, 0.5) is 11.6 Å². The summed E-state index contributed by atoms with van der Waals surface area (Å²) in [6, 6.07) is 16.4. The minimum absolute atomic E-state index is 0.0331. The topological polar surface area (TPSA) is 59.1 Å². The maximum Gasteiger partial charge on any atom is 0.237 e. The molecule has 1 aliphatic heterocycles. The van der Waals surface area contributed by atoms with Gasteiger partial charge in [-0.25, -0.2) is 4.98 Å². The number of nitrogens with zero attached hydrogens (tertiary/aromatic N) is 2. The molecule has 0 saturated heterocycles. The predicted octanol–water partition coefficient (Wildman–Crippen LogP) is 5.07. The van der Waals surface area contributed by atoms with E-state index in [4.69, 9.17) is 9.72 Å². The highest BCUT2D eigenvalue weighted by Crippen LogP contribution is 2.31. The molecule has 2 aromatic carbocycles. The number of aromatic nitrogens is 2. The molecule has 138 valence electrons. The van der Waals surface area contributed by atoms with E-state index >= 15 is 0 Å². The molecule has 1 atom stereocenters. The van der Waals surface area contributed by atoms with Crippen molar-refractivity contribution in [2.24, 2.45) is 0 Å². The molecule has 4 rings (SSSR count). The first kappa shape index (κ1) is 17.7. The fraction of sp³-hybridized carbons (Fsp3) is 0.238. The van der Waals surface area contributed by atoms with Crippen LogP contribution in [0.25, 0.3) is 11.3 Å². The van der Waals surface area contributed by atoms with Crippen molar-refractivity contribution in [1.29, 1.82) is 0 Å². The summed E-state index contributed by atoms with van der Waals surface area (Å²) in [5.41, 5.74) is 5.42. The molecule has 0 amide bonds. The summed E-state index contributed by atoms with van der Waals surface area (Å²) in [4.78, 5) is 10.4. The van der Waals surface area contributed by atoms with E-state index in [1.165, 1.54) is 23.1 Å². The SMILES string of the molecule is Cc1cccc(C)c1-c1cc2nc(n1)NSc1cccc(c1)NCC(C)O2. The highest BCUT2D eigenvalue weighted by atomic mass is 32.2. The van der Waals surface area contributed by atoms with Crippen molar-refractivity contribution in [3.8, 4) is 17.1 Å². The number of hydrogen-bond acceptors (Lipinski definition) is 6. The minimum Gasteiger partial charge on any atom is -0.473 e. The third-order valence-electron chi connectivity index (χ3n) is 4.45. The summed E-state index contributed by atoms with van der Waals surface area (Å²) in [7, 11) is 0. The fourth-order valence-electron chi connectivity index (χ4n) is 3.16. The summed E-state index contributed by atoms with van der Waals surface area (Å²) in [5.74, 6) is 1.12. The van der Waals surface area contributed by atoms with Crippen LogP contribution in [0.5, 0.6) is 5.88 Å². The molecule has 0 aliphatic carbocycles. The molecule has 2 N–H and O–H groups in total. The van der Waals surface area contributed by atoms with E-state index in [9.17, 15) is 0 Å². The number of hydrogen-bond donors (Lipinski definition) is 2. The standard InChI is InChI=1S/C21H22N4OS/c1-13-6-4-7-14(2)20(13)18-11-19-24-21(23-18)25-27-17-9-5-8-16(10-17)22-12-15(3)26-19/h4-11,15,22H,12H2,1-3H3,(H,23,24,25). The highest BCUT2D eigenvalue weighted by Gasteiger charge is 2.15. The molecule has 1 aromatic heterocycles. The van der Waals surface area contributed by atoms with Crippen LogP contribution in [0.2, 0.25) is 0 Å². The lowest BCUT2D eigenvalue weighted by molar-refractivity contribution is 0.225. The molecule has 1 unspecified atom stereocenters. The van der Waals surface area contributed by atoms with Crippen LogP contribution >= 0.6 is 11.9 Å². The zero-order valence-corrected chi connectivity index (χ0v) is 16.4. The summed E-state index contributed by atoms with van der Waals surface area (Å²) >= 11 is 1.49. The first-order valence-electron chi connectivity index (χ1n) is 8.97. The van der Waals surface area contributed by atoms with Crippen LogP contribution in [-0.4, -0.2) is 22.6 Å². The van der Waals surface area contributed by atoms with Gasteiger partial charge in [-0.05, 0) is 62.0 Å². The van der Waals surface area contributed by atoms with Crippen LogP contribution in [0, 0.1) is 13.8 Å². The summed E-state index contributed by atoms with van der Waals surface area (Å²) < 4.78 is 9.34. The summed E-state index contributed by atoms with van der Waals surface area (Å²) in [5, 5.41) is 3.42. The Kier molecular flexibility index (Phi) is 4.90. The maximum atomic E-state index is 6.08. The minimum atomic E-state index is -0.0331. The van der Waals surface area contributed by atoms with Crippen molar-refractivity contribution in [3.05, 3.63) is 59.7 Å². The normalized spacial score (nSPS) is 16.2. The number of ether oxygens (including phenoxy) is 1. The number of rotatable bonds is 1. The molecule has 0 spiro atoms. The molecule has 5 nitrogen and oxygen atoms in total. The Hall–Kier alpha value is -2.73. The van der Waals surface area contributed by atoms with Gasteiger partial charge >= 0.3 is 0 Å². The van der Waals surface area contributed by atoms with Gasteiger partial charge in [0.2, 0.25) is 11.8 Å². The number of aryl methyl sites for hydroxylation is 2. The number of nitrogens with one attached hydrogen (secondary N) is 2. The Bertz CT molecular complexity index is 956. The molecule has 2 heterocycles. The van der Waals surface area contributed by atoms with Gasteiger partial charge in [-0.15, -0.1) is 0 Å². The first-order valence-corrected chi connectivity index (χ1v) is 9.79. The van der Waals surface area contributed by atoms with Gasteiger partial charge in [-0.2, -0.15) is 4.98 Å². The van der Waals surface area contributed by atoms with Crippen LogP contribution in [0.15, 0.2) is 53.4 Å². The van der Waals surface area contributed by atoms with Crippen LogP contribution < -0.4 is 14.8 Å². The first-order chi connectivity index (χ1) is 13.1. The van der Waals surface area contributed by atoms with Crippen molar-refractivity contribution in [3.63, 3.8) is 0 Å². The molecule has 3 aromatic rings. The van der Waals surface area contributed by atoms with Crippen LogP contribution in [0.3, 0.4) is 0 Å². The molecular weight excluding hydrogens is 356 g/mol. The number of fused-ring (bicyclic) bond motifs is 4. The smallest absolute Gasteiger partial charge is 0.237 e. The summed E-state index contributed by atoms with van der Waals surface area (Å²) in [6.07, 6.45) is -0.0331. The average molecular weight is 379 g/mol.